The minimum atomic E-state index is -4.47. The van der Waals surface area contributed by atoms with Gasteiger partial charge in [-0.15, -0.1) is 0 Å². The van der Waals surface area contributed by atoms with E-state index in [9.17, 15) is 13.2 Å². The lowest BCUT2D eigenvalue weighted by molar-refractivity contribution is -0.137. The van der Waals surface area contributed by atoms with E-state index in [0.717, 1.165) is 6.07 Å². The summed E-state index contributed by atoms with van der Waals surface area (Å²) < 4.78 is 39.3. The summed E-state index contributed by atoms with van der Waals surface area (Å²) in [4.78, 5) is 0. The molecule has 0 saturated carbocycles. The molecule has 1 saturated heterocycles. The fraction of sp³-hybridized carbons (Fsp3) is 0.222. The van der Waals surface area contributed by atoms with Gasteiger partial charge in [-0.1, -0.05) is 0 Å². The monoisotopic (exact) mass is 230 g/mol. The van der Waals surface area contributed by atoms with Gasteiger partial charge in [0.15, 0.2) is 0 Å². The molecule has 0 aromatic heterocycles. The number of halogens is 3. The van der Waals surface area contributed by atoms with Crippen molar-refractivity contribution in [2.24, 2.45) is 0 Å². The largest absolute Gasteiger partial charge is 0.417 e. The third-order valence-corrected chi connectivity index (χ3v) is 2.70. The van der Waals surface area contributed by atoms with Crippen LogP contribution in [0.15, 0.2) is 18.2 Å². The number of nitrogens with zero attached hydrogens (tertiary/aromatic N) is 2. The summed E-state index contributed by atoms with van der Waals surface area (Å²) in [5, 5.41) is 8.56. The van der Waals surface area contributed by atoms with Gasteiger partial charge in [0, 0.05) is 5.69 Å². The van der Waals surface area contributed by atoms with E-state index in [1.165, 1.54) is 24.1 Å². The first-order chi connectivity index (χ1) is 7.02. The summed E-state index contributed by atoms with van der Waals surface area (Å²) >= 11 is 1.44. The average Bonchev–Trinajstić information content (AvgIpc) is 2.98. The van der Waals surface area contributed by atoms with Gasteiger partial charge in [-0.25, -0.2) is 0 Å². The first kappa shape index (κ1) is 10.2. The number of alkyl halides is 3. The third-order valence-electron chi connectivity index (χ3n) is 1.98. The first-order valence-electron chi connectivity index (χ1n) is 4.04. The van der Waals surface area contributed by atoms with Gasteiger partial charge < -0.3 is 4.31 Å². The molecule has 78 valence electrons. The maximum absolute atomic E-state index is 12.5. The van der Waals surface area contributed by atoms with Crippen LogP contribution in [0.3, 0.4) is 0 Å². The Kier molecular flexibility index (Phi) is 2.27. The van der Waals surface area contributed by atoms with Crippen molar-refractivity contribution in [1.82, 2.24) is 0 Å². The van der Waals surface area contributed by atoms with E-state index < -0.39 is 11.7 Å². The molecule has 0 radical (unpaired) electrons. The molecule has 2 rings (SSSR count). The van der Waals surface area contributed by atoms with Crippen molar-refractivity contribution in [3.63, 3.8) is 0 Å². The van der Waals surface area contributed by atoms with Crippen LogP contribution < -0.4 is 4.31 Å². The van der Waals surface area contributed by atoms with Crippen molar-refractivity contribution < 1.29 is 13.2 Å². The SMILES string of the molecule is N#Cc1ccc(N2CS2)cc1C(F)(F)F. The summed E-state index contributed by atoms with van der Waals surface area (Å²) in [5.74, 6) is 0.698. The van der Waals surface area contributed by atoms with Gasteiger partial charge in [-0.2, -0.15) is 18.4 Å². The highest BCUT2D eigenvalue weighted by Crippen LogP contribution is 2.40. The molecule has 15 heavy (non-hydrogen) atoms. The molecule has 1 aromatic carbocycles. The summed E-state index contributed by atoms with van der Waals surface area (Å²) in [7, 11) is 0. The lowest BCUT2D eigenvalue weighted by Crippen LogP contribution is -2.08. The van der Waals surface area contributed by atoms with E-state index in [-0.39, 0.29) is 5.56 Å². The Labute approximate surface area is 88.4 Å². The Balaban J connectivity index is 2.48. The second kappa shape index (κ2) is 3.35. The highest BCUT2D eigenvalue weighted by atomic mass is 32.2. The minimum absolute atomic E-state index is 0.335. The van der Waals surface area contributed by atoms with Crippen molar-refractivity contribution in [3.05, 3.63) is 29.3 Å². The molecule has 0 amide bonds. The number of benzene rings is 1. The molecule has 2 nitrogen and oxygen atoms in total. The van der Waals surface area contributed by atoms with E-state index >= 15 is 0 Å². The van der Waals surface area contributed by atoms with Crippen LogP contribution in [0.25, 0.3) is 0 Å². The van der Waals surface area contributed by atoms with E-state index in [2.05, 4.69) is 0 Å². The van der Waals surface area contributed by atoms with Crippen LogP contribution in [0.5, 0.6) is 0 Å². The third kappa shape index (κ3) is 2.02. The maximum Gasteiger partial charge on any atom is 0.417 e. The molecule has 6 heteroatoms. The molecule has 1 fully saturated rings. The maximum atomic E-state index is 12.5. The molecule has 1 aliphatic heterocycles. The van der Waals surface area contributed by atoms with Crippen LogP contribution in [0.2, 0.25) is 0 Å². The van der Waals surface area contributed by atoms with Crippen LogP contribution in [0.4, 0.5) is 18.9 Å². The lowest BCUT2D eigenvalue weighted by Gasteiger charge is -2.10. The molecule has 1 heterocycles. The molecular weight excluding hydrogens is 225 g/mol. The Morgan fingerprint density at radius 1 is 1.40 bits per heavy atom. The average molecular weight is 230 g/mol. The van der Waals surface area contributed by atoms with Crippen LogP contribution in [0.1, 0.15) is 11.1 Å². The zero-order valence-corrected chi connectivity index (χ0v) is 8.19. The molecular formula is C9H5F3N2S. The Hall–Kier alpha value is -1.35. The van der Waals surface area contributed by atoms with Crippen molar-refractivity contribution >= 4 is 17.6 Å². The minimum Gasteiger partial charge on any atom is -0.303 e. The van der Waals surface area contributed by atoms with Crippen molar-refractivity contribution in [2.45, 2.75) is 6.18 Å². The first-order valence-corrected chi connectivity index (χ1v) is 4.98. The number of nitriles is 1. The van der Waals surface area contributed by atoms with Gasteiger partial charge in [-0.05, 0) is 30.1 Å². The predicted molar refractivity (Wildman–Crippen MR) is 51.1 cm³/mol. The predicted octanol–water partition coefficient (Wildman–Crippen LogP) is 3.00. The van der Waals surface area contributed by atoms with Gasteiger partial charge in [-0.3, -0.25) is 0 Å². The zero-order chi connectivity index (χ0) is 11.1. The second-order valence-corrected chi connectivity index (χ2v) is 3.93. The number of anilines is 1. The van der Waals surface area contributed by atoms with Crippen LogP contribution >= 0.6 is 11.9 Å². The summed E-state index contributed by atoms with van der Waals surface area (Å²) in [6.45, 7) is 0. The second-order valence-electron chi connectivity index (χ2n) is 2.98. The fourth-order valence-electron chi connectivity index (χ4n) is 1.20. The standard InChI is InChI=1S/C9H5F3N2S/c10-9(11,12)8-3-7(14-5-15-14)2-1-6(8)4-13/h1-3H,5H2. The summed E-state index contributed by atoms with van der Waals surface area (Å²) in [5.41, 5.74) is -0.709. The quantitative estimate of drug-likeness (QED) is 0.548. The highest BCUT2D eigenvalue weighted by Gasteiger charge is 2.35. The molecule has 0 spiro atoms. The Bertz CT molecular complexity index is 432. The molecule has 0 unspecified atom stereocenters. The number of hydrogen-bond donors (Lipinski definition) is 0. The molecule has 0 aliphatic carbocycles. The molecule has 1 aromatic rings. The van der Waals surface area contributed by atoms with E-state index in [1.54, 1.807) is 10.4 Å². The fourth-order valence-corrected chi connectivity index (χ4v) is 1.67. The van der Waals surface area contributed by atoms with Gasteiger partial charge in [0.2, 0.25) is 0 Å². The van der Waals surface area contributed by atoms with Gasteiger partial charge in [0.25, 0.3) is 0 Å². The molecule has 0 N–H and O–H groups in total. The van der Waals surface area contributed by atoms with Crippen LogP contribution in [-0.2, 0) is 6.18 Å². The van der Waals surface area contributed by atoms with E-state index in [4.69, 9.17) is 5.26 Å². The molecule has 0 atom stereocenters. The van der Waals surface area contributed by atoms with Crippen LogP contribution in [0, 0.1) is 11.3 Å². The molecule has 1 aliphatic rings. The van der Waals surface area contributed by atoms with Crippen molar-refractivity contribution in [3.8, 4) is 6.07 Å². The van der Waals surface area contributed by atoms with Gasteiger partial charge in [0.1, 0.15) is 0 Å². The van der Waals surface area contributed by atoms with Crippen LogP contribution in [-0.4, -0.2) is 5.88 Å². The van der Waals surface area contributed by atoms with Gasteiger partial charge in [0.05, 0.1) is 23.1 Å². The highest BCUT2D eigenvalue weighted by molar-refractivity contribution is 8.07. The normalized spacial score (nSPS) is 14.9. The van der Waals surface area contributed by atoms with E-state index in [1.807, 2.05) is 0 Å². The number of hydrogen-bond acceptors (Lipinski definition) is 3. The van der Waals surface area contributed by atoms with E-state index in [0.29, 0.717) is 11.6 Å². The lowest BCUT2D eigenvalue weighted by atomic mass is 10.1. The number of rotatable bonds is 1. The van der Waals surface area contributed by atoms with Crippen molar-refractivity contribution in [2.75, 3.05) is 10.2 Å². The zero-order valence-electron chi connectivity index (χ0n) is 7.38. The smallest absolute Gasteiger partial charge is 0.303 e. The topological polar surface area (TPSA) is 26.8 Å². The Morgan fingerprint density at radius 2 is 2.07 bits per heavy atom. The Morgan fingerprint density at radius 3 is 2.53 bits per heavy atom. The molecule has 0 bridgehead atoms. The summed E-state index contributed by atoms with van der Waals surface area (Å²) in [6, 6.07) is 5.28. The van der Waals surface area contributed by atoms with Gasteiger partial charge >= 0.3 is 6.18 Å². The summed E-state index contributed by atoms with van der Waals surface area (Å²) in [6.07, 6.45) is -4.47. The van der Waals surface area contributed by atoms with Crippen molar-refractivity contribution in [1.29, 1.82) is 5.26 Å².